The van der Waals surface area contributed by atoms with Crippen LogP contribution in [0, 0.1) is 5.41 Å². The van der Waals surface area contributed by atoms with Crippen LogP contribution in [0.4, 0.5) is 5.95 Å². The molecule has 1 aliphatic rings. The number of aryl methyl sites for hydroxylation is 1. The van der Waals surface area contributed by atoms with Crippen molar-refractivity contribution in [1.82, 2.24) is 9.55 Å². The van der Waals surface area contributed by atoms with E-state index in [0.717, 1.165) is 12.5 Å². The summed E-state index contributed by atoms with van der Waals surface area (Å²) >= 11 is 0. The number of rotatable bonds is 3. The molecule has 0 spiro atoms. The second kappa shape index (κ2) is 3.87. The van der Waals surface area contributed by atoms with Gasteiger partial charge in [0, 0.05) is 25.0 Å². The molecule has 0 aromatic carbocycles. The van der Waals surface area contributed by atoms with Gasteiger partial charge >= 0.3 is 0 Å². The van der Waals surface area contributed by atoms with Crippen molar-refractivity contribution in [3.05, 3.63) is 12.4 Å². The number of aromatic nitrogens is 2. The lowest BCUT2D eigenvalue weighted by molar-refractivity contribution is 0.378. The standard InChI is InChI=1S/C12H21N3/c1-4-15-8-7-13-11(15)14-10-5-6-12(2,3)9-10/h7-8,10H,4-6,9H2,1-3H3,(H,13,14). The van der Waals surface area contributed by atoms with Gasteiger partial charge in [-0.15, -0.1) is 0 Å². The summed E-state index contributed by atoms with van der Waals surface area (Å²) in [5.41, 5.74) is 0.501. The highest BCUT2D eigenvalue weighted by Crippen LogP contribution is 2.38. The van der Waals surface area contributed by atoms with Gasteiger partial charge in [0.05, 0.1) is 0 Å². The van der Waals surface area contributed by atoms with Gasteiger partial charge in [0.25, 0.3) is 0 Å². The van der Waals surface area contributed by atoms with E-state index in [9.17, 15) is 0 Å². The molecule has 1 unspecified atom stereocenters. The molecular formula is C12H21N3. The quantitative estimate of drug-likeness (QED) is 0.826. The first-order valence-electron chi connectivity index (χ1n) is 5.88. The molecule has 3 nitrogen and oxygen atoms in total. The monoisotopic (exact) mass is 207 g/mol. The fourth-order valence-electron chi connectivity index (χ4n) is 2.45. The molecule has 0 amide bonds. The fraction of sp³-hybridized carbons (Fsp3) is 0.750. The summed E-state index contributed by atoms with van der Waals surface area (Å²) in [5.74, 6) is 1.03. The van der Waals surface area contributed by atoms with E-state index in [1.807, 2.05) is 12.4 Å². The summed E-state index contributed by atoms with van der Waals surface area (Å²) in [5, 5.41) is 3.55. The first-order chi connectivity index (χ1) is 7.11. The van der Waals surface area contributed by atoms with Crippen molar-refractivity contribution in [1.29, 1.82) is 0 Å². The van der Waals surface area contributed by atoms with Crippen molar-refractivity contribution >= 4 is 5.95 Å². The Labute approximate surface area is 91.9 Å². The predicted octanol–water partition coefficient (Wildman–Crippen LogP) is 2.89. The molecule has 15 heavy (non-hydrogen) atoms. The van der Waals surface area contributed by atoms with Crippen molar-refractivity contribution in [2.75, 3.05) is 5.32 Å². The van der Waals surface area contributed by atoms with Crippen LogP contribution in [0.3, 0.4) is 0 Å². The molecule has 0 aliphatic heterocycles. The molecule has 0 saturated heterocycles. The Morgan fingerprint density at radius 3 is 3.00 bits per heavy atom. The SMILES string of the molecule is CCn1ccnc1NC1CCC(C)(C)C1. The highest BCUT2D eigenvalue weighted by molar-refractivity contribution is 5.28. The molecule has 1 aromatic heterocycles. The number of anilines is 1. The van der Waals surface area contributed by atoms with Crippen LogP contribution in [0.25, 0.3) is 0 Å². The van der Waals surface area contributed by atoms with Gasteiger partial charge < -0.3 is 9.88 Å². The van der Waals surface area contributed by atoms with Crippen molar-refractivity contribution in [2.24, 2.45) is 5.41 Å². The smallest absolute Gasteiger partial charge is 0.202 e. The van der Waals surface area contributed by atoms with Crippen LogP contribution < -0.4 is 5.32 Å². The molecule has 1 saturated carbocycles. The maximum atomic E-state index is 4.35. The van der Waals surface area contributed by atoms with Gasteiger partial charge in [-0.25, -0.2) is 4.98 Å². The van der Waals surface area contributed by atoms with Gasteiger partial charge in [-0.1, -0.05) is 13.8 Å². The Morgan fingerprint density at radius 2 is 2.40 bits per heavy atom. The largest absolute Gasteiger partial charge is 0.353 e. The minimum absolute atomic E-state index is 0.501. The normalized spacial score (nSPS) is 24.3. The Morgan fingerprint density at radius 1 is 1.60 bits per heavy atom. The number of imidazole rings is 1. The van der Waals surface area contributed by atoms with E-state index in [1.165, 1.54) is 19.3 Å². The Bertz CT molecular complexity index is 327. The van der Waals surface area contributed by atoms with Gasteiger partial charge in [-0.3, -0.25) is 0 Å². The lowest BCUT2D eigenvalue weighted by atomic mass is 9.92. The van der Waals surface area contributed by atoms with E-state index in [-0.39, 0.29) is 0 Å². The third-order valence-corrected chi connectivity index (χ3v) is 3.36. The van der Waals surface area contributed by atoms with Crippen LogP contribution in [0.2, 0.25) is 0 Å². The Kier molecular flexibility index (Phi) is 2.72. The molecule has 0 radical (unpaired) electrons. The topological polar surface area (TPSA) is 29.9 Å². The zero-order valence-corrected chi connectivity index (χ0v) is 9.95. The van der Waals surface area contributed by atoms with Crippen LogP contribution in [0.5, 0.6) is 0 Å². The number of hydrogen-bond donors (Lipinski definition) is 1. The molecule has 1 atom stereocenters. The molecule has 1 aromatic rings. The maximum Gasteiger partial charge on any atom is 0.202 e. The zero-order chi connectivity index (χ0) is 10.9. The van der Waals surface area contributed by atoms with Gasteiger partial charge in [0.1, 0.15) is 0 Å². The van der Waals surface area contributed by atoms with Gasteiger partial charge in [-0.05, 0) is 31.6 Å². The molecule has 1 fully saturated rings. The summed E-state index contributed by atoms with van der Waals surface area (Å²) in [6.07, 6.45) is 7.74. The van der Waals surface area contributed by atoms with E-state index in [1.54, 1.807) is 0 Å². The minimum Gasteiger partial charge on any atom is -0.353 e. The van der Waals surface area contributed by atoms with Crippen LogP contribution in [0.15, 0.2) is 12.4 Å². The van der Waals surface area contributed by atoms with E-state index >= 15 is 0 Å². The number of hydrogen-bond acceptors (Lipinski definition) is 2. The Balaban J connectivity index is 1.98. The molecule has 1 N–H and O–H groups in total. The van der Waals surface area contributed by atoms with Crippen LogP contribution in [-0.4, -0.2) is 15.6 Å². The van der Waals surface area contributed by atoms with Crippen LogP contribution >= 0.6 is 0 Å². The summed E-state index contributed by atoms with van der Waals surface area (Å²) in [6.45, 7) is 7.83. The zero-order valence-electron chi connectivity index (χ0n) is 9.95. The van der Waals surface area contributed by atoms with E-state index in [0.29, 0.717) is 11.5 Å². The lowest BCUT2D eigenvalue weighted by Crippen LogP contribution is -2.20. The second-order valence-corrected chi connectivity index (χ2v) is 5.29. The van der Waals surface area contributed by atoms with Crippen molar-refractivity contribution in [3.63, 3.8) is 0 Å². The predicted molar refractivity (Wildman–Crippen MR) is 62.9 cm³/mol. The maximum absolute atomic E-state index is 4.35. The van der Waals surface area contributed by atoms with Gasteiger partial charge in [0.2, 0.25) is 5.95 Å². The molecule has 2 rings (SSSR count). The van der Waals surface area contributed by atoms with Crippen molar-refractivity contribution in [3.8, 4) is 0 Å². The molecular weight excluding hydrogens is 186 g/mol. The molecule has 1 heterocycles. The highest BCUT2D eigenvalue weighted by Gasteiger charge is 2.31. The summed E-state index contributed by atoms with van der Waals surface area (Å²) in [7, 11) is 0. The van der Waals surface area contributed by atoms with Crippen molar-refractivity contribution in [2.45, 2.75) is 52.6 Å². The van der Waals surface area contributed by atoms with Crippen molar-refractivity contribution < 1.29 is 0 Å². The first-order valence-corrected chi connectivity index (χ1v) is 5.88. The van der Waals surface area contributed by atoms with Gasteiger partial charge in [-0.2, -0.15) is 0 Å². The second-order valence-electron chi connectivity index (χ2n) is 5.29. The summed E-state index contributed by atoms with van der Waals surface area (Å²) < 4.78 is 2.16. The lowest BCUT2D eigenvalue weighted by Gasteiger charge is -2.18. The third-order valence-electron chi connectivity index (χ3n) is 3.36. The average molecular weight is 207 g/mol. The number of nitrogens with one attached hydrogen (secondary N) is 1. The van der Waals surface area contributed by atoms with E-state index in [2.05, 4.69) is 35.6 Å². The molecule has 1 aliphatic carbocycles. The number of nitrogens with zero attached hydrogens (tertiary/aromatic N) is 2. The average Bonchev–Trinajstić information content (AvgIpc) is 2.73. The molecule has 3 heteroatoms. The highest BCUT2D eigenvalue weighted by atomic mass is 15.2. The van der Waals surface area contributed by atoms with Gasteiger partial charge in [0.15, 0.2) is 0 Å². The fourth-order valence-corrected chi connectivity index (χ4v) is 2.45. The molecule has 0 bridgehead atoms. The van der Waals surface area contributed by atoms with E-state index < -0.39 is 0 Å². The first kappa shape index (κ1) is 10.5. The third kappa shape index (κ3) is 2.33. The van der Waals surface area contributed by atoms with Crippen LogP contribution in [0.1, 0.15) is 40.0 Å². The van der Waals surface area contributed by atoms with Crippen LogP contribution in [-0.2, 0) is 6.54 Å². The molecule has 84 valence electrons. The summed E-state index contributed by atoms with van der Waals surface area (Å²) in [4.78, 5) is 4.35. The van der Waals surface area contributed by atoms with E-state index in [4.69, 9.17) is 0 Å². The Hall–Kier alpha value is -0.990. The summed E-state index contributed by atoms with van der Waals surface area (Å²) in [6, 6.07) is 0.604. The minimum atomic E-state index is 0.501.